The second-order valence-electron chi connectivity index (χ2n) is 8.84. The van der Waals surface area contributed by atoms with Gasteiger partial charge in [0.15, 0.2) is 0 Å². The van der Waals surface area contributed by atoms with Gasteiger partial charge in [0, 0.05) is 24.6 Å². The normalized spacial score (nSPS) is 12.8. The number of nitrogens with zero attached hydrogens (tertiary/aromatic N) is 1. The SMILES string of the molecule is CCC(C)N(Cc1ccccc1OS(=O)(=O)c1ccc(OC)cc1)C(=O)CC(C)(C)C. The lowest BCUT2D eigenvalue weighted by Crippen LogP contribution is -2.39. The zero-order valence-electron chi connectivity index (χ0n) is 19.2. The van der Waals surface area contributed by atoms with Crippen LogP contribution in [0.3, 0.4) is 0 Å². The average molecular weight is 448 g/mol. The Morgan fingerprint density at radius 2 is 1.68 bits per heavy atom. The van der Waals surface area contributed by atoms with Crippen LogP contribution in [0.2, 0.25) is 0 Å². The van der Waals surface area contributed by atoms with Crippen LogP contribution in [0.25, 0.3) is 0 Å². The highest BCUT2D eigenvalue weighted by molar-refractivity contribution is 7.87. The Hall–Kier alpha value is -2.54. The molecule has 6 nitrogen and oxygen atoms in total. The van der Waals surface area contributed by atoms with Crippen LogP contribution in [0.15, 0.2) is 53.4 Å². The van der Waals surface area contributed by atoms with Crippen LogP contribution >= 0.6 is 0 Å². The number of hydrogen-bond acceptors (Lipinski definition) is 5. The van der Waals surface area contributed by atoms with Gasteiger partial charge in [0.1, 0.15) is 16.4 Å². The summed E-state index contributed by atoms with van der Waals surface area (Å²) in [4.78, 5) is 14.8. The highest BCUT2D eigenvalue weighted by atomic mass is 32.2. The van der Waals surface area contributed by atoms with Gasteiger partial charge in [0.25, 0.3) is 0 Å². The first-order chi connectivity index (χ1) is 14.5. The number of carbonyl (C=O) groups excluding carboxylic acids is 1. The van der Waals surface area contributed by atoms with Gasteiger partial charge in [-0.2, -0.15) is 8.42 Å². The van der Waals surface area contributed by atoms with Crippen molar-refractivity contribution in [1.29, 1.82) is 0 Å². The minimum atomic E-state index is -4.03. The molecule has 0 aliphatic carbocycles. The van der Waals surface area contributed by atoms with Crippen molar-refractivity contribution in [2.24, 2.45) is 5.41 Å². The van der Waals surface area contributed by atoms with Crippen molar-refractivity contribution in [2.75, 3.05) is 7.11 Å². The van der Waals surface area contributed by atoms with E-state index in [4.69, 9.17) is 8.92 Å². The molecule has 0 N–H and O–H groups in total. The van der Waals surface area contributed by atoms with E-state index in [0.29, 0.717) is 17.7 Å². The fourth-order valence-corrected chi connectivity index (χ4v) is 4.04. The van der Waals surface area contributed by atoms with Crippen molar-refractivity contribution < 1.29 is 22.1 Å². The maximum Gasteiger partial charge on any atom is 0.339 e. The van der Waals surface area contributed by atoms with Crippen molar-refractivity contribution in [3.63, 3.8) is 0 Å². The molecule has 2 rings (SSSR count). The number of para-hydroxylation sites is 1. The summed E-state index contributed by atoms with van der Waals surface area (Å²) in [7, 11) is -2.52. The predicted octanol–water partition coefficient (Wildman–Crippen LogP) is 5.03. The van der Waals surface area contributed by atoms with Gasteiger partial charge in [0.05, 0.1) is 7.11 Å². The third-order valence-electron chi connectivity index (χ3n) is 4.99. The molecule has 1 atom stereocenters. The van der Waals surface area contributed by atoms with E-state index in [1.807, 2.05) is 40.7 Å². The van der Waals surface area contributed by atoms with Crippen molar-refractivity contribution in [2.45, 2.75) is 64.9 Å². The van der Waals surface area contributed by atoms with E-state index < -0.39 is 10.1 Å². The summed E-state index contributed by atoms with van der Waals surface area (Å²) in [6.45, 7) is 10.4. The third kappa shape index (κ3) is 6.99. The Bertz CT molecular complexity index is 978. The molecule has 7 heteroatoms. The maximum atomic E-state index is 13.0. The monoisotopic (exact) mass is 447 g/mol. The van der Waals surface area contributed by atoms with E-state index in [9.17, 15) is 13.2 Å². The predicted molar refractivity (Wildman–Crippen MR) is 122 cm³/mol. The van der Waals surface area contributed by atoms with Crippen LogP contribution in [-0.2, 0) is 21.5 Å². The summed E-state index contributed by atoms with van der Waals surface area (Å²) in [5.41, 5.74) is 0.499. The lowest BCUT2D eigenvalue weighted by molar-refractivity contribution is -0.135. The topological polar surface area (TPSA) is 72.9 Å². The van der Waals surface area contributed by atoms with E-state index >= 15 is 0 Å². The van der Waals surface area contributed by atoms with E-state index in [1.54, 1.807) is 35.2 Å². The van der Waals surface area contributed by atoms with Crippen LogP contribution in [-0.4, -0.2) is 32.4 Å². The Morgan fingerprint density at radius 1 is 1.06 bits per heavy atom. The molecule has 31 heavy (non-hydrogen) atoms. The molecule has 0 saturated heterocycles. The second kappa shape index (κ2) is 10.2. The fourth-order valence-electron chi connectivity index (χ4n) is 3.07. The molecular formula is C24H33NO5S. The first-order valence-corrected chi connectivity index (χ1v) is 11.8. The van der Waals surface area contributed by atoms with Gasteiger partial charge in [-0.1, -0.05) is 45.9 Å². The molecular weight excluding hydrogens is 414 g/mol. The Balaban J connectivity index is 2.31. The van der Waals surface area contributed by atoms with Gasteiger partial charge < -0.3 is 13.8 Å². The molecule has 0 aliphatic rings. The number of ether oxygens (including phenoxy) is 1. The lowest BCUT2D eigenvalue weighted by Gasteiger charge is -2.32. The molecule has 170 valence electrons. The van der Waals surface area contributed by atoms with Crippen molar-refractivity contribution in [1.82, 2.24) is 4.90 Å². The summed E-state index contributed by atoms with van der Waals surface area (Å²) in [6.07, 6.45) is 1.20. The van der Waals surface area contributed by atoms with Crippen LogP contribution in [0.1, 0.15) is 53.0 Å². The van der Waals surface area contributed by atoms with Gasteiger partial charge in [0.2, 0.25) is 5.91 Å². The van der Waals surface area contributed by atoms with Gasteiger partial charge in [-0.15, -0.1) is 0 Å². The van der Waals surface area contributed by atoms with Crippen molar-refractivity contribution >= 4 is 16.0 Å². The van der Waals surface area contributed by atoms with Crippen molar-refractivity contribution in [3.05, 3.63) is 54.1 Å². The van der Waals surface area contributed by atoms with Gasteiger partial charge in [-0.05, 0) is 49.1 Å². The number of hydrogen-bond donors (Lipinski definition) is 0. The molecule has 2 aromatic rings. The van der Waals surface area contributed by atoms with E-state index in [2.05, 4.69) is 0 Å². The molecule has 1 unspecified atom stereocenters. The number of benzene rings is 2. The minimum absolute atomic E-state index is 0.0149. The number of amides is 1. The van der Waals surface area contributed by atoms with Crippen LogP contribution < -0.4 is 8.92 Å². The zero-order chi connectivity index (χ0) is 23.2. The molecule has 0 heterocycles. The number of rotatable bonds is 9. The molecule has 0 aliphatic heterocycles. The molecule has 0 bridgehead atoms. The van der Waals surface area contributed by atoms with E-state index in [-0.39, 0.29) is 34.6 Å². The molecule has 0 radical (unpaired) electrons. The smallest absolute Gasteiger partial charge is 0.339 e. The number of methoxy groups -OCH3 is 1. The quantitative estimate of drug-likeness (QED) is 0.504. The minimum Gasteiger partial charge on any atom is -0.497 e. The van der Waals surface area contributed by atoms with Crippen molar-refractivity contribution in [3.8, 4) is 11.5 Å². The Morgan fingerprint density at radius 3 is 2.23 bits per heavy atom. The summed E-state index contributed by atoms with van der Waals surface area (Å²) in [6, 6.07) is 13.0. The molecule has 1 amide bonds. The highest BCUT2D eigenvalue weighted by Crippen LogP contribution is 2.28. The van der Waals surface area contributed by atoms with Gasteiger partial charge in [-0.25, -0.2) is 0 Å². The van der Waals surface area contributed by atoms with E-state index in [1.165, 1.54) is 19.2 Å². The van der Waals surface area contributed by atoms with Gasteiger partial charge in [-0.3, -0.25) is 4.79 Å². The number of carbonyl (C=O) groups is 1. The summed E-state index contributed by atoms with van der Waals surface area (Å²) in [5.74, 6) is 0.811. The molecule has 0 spiro atoms. The first kappa shape index (κ1) is 24.7. The van der Waals surface area contributed by atoms with Gasteiger partial charge >= 0.3 is 10.1 Å². The standard InChI is InChI=1S/C24H33NO5S/c1-7-18(2)25(23(26)16-24(3,4)5)17-19-10-8-9-11-22(19)30-31(27,28)21-14-12-20(29-6)13-15-21/h8-15,18H,7,16-17H2,1-6H3. The molecule has 0 fully saturated rings. The van der Waals surface area contributed by atoms with Crippen LogP contribution in [0.5, 0.6) is 11.5 Å². The third-order valence-corrected chi connectivity index (χ3v) is 6.23. The Labute approximate surface area is 186 Å². The average Bonchev–Trinajstić information content (AvgIpc) is 2.71. The Kier molecular flexibility index (Phi) is 8.12. The largest absolute Gasteiger partial charge is 0.497 e. The molecule has 0 saturated carbocycles. The fraction of sp³-hybridized carbons (Fsp3) is 0.458. The first-order valence-electron chi connectivity index (χ1n) is 10.4. The second-order valence-corrected chi connectivity index (χ2v) is 10.4. The summed E-state index contributed by atoms with van der Waals surface area (Å²) >= 11 is 0. The van der Waals surface area contributed by atoms with Crippen LogP contribution in [0, 0.1) is 5.41 Å². The van der Waals surface area contributed by atoms with E-state index in [0.717, 1.165) is 6.42 Å². The highest BCUT2D eigenvalue weighted by Gasteiger charge is 2.26. The van der Waals surface area contributed by atoms with Crippen LogP contribution in [0.4, 0.5) is 0 Å². The molecule has 2 aromatic carbocycles. The zero-order valence-corrected chi connectivity index (χ0v) is 20.0. The molecule has 0 aromatic heterocycles. The maximum absolute atomic E-state index is 13.0. The summed E-state index contributed by atoms with van der Waals surface area (Å²) < 4.78 is 36.2. The summed E-state index contributed by atoms with van der Waals surface area (Å²) in [5, 5.41) is 0. The lowest BCUT2D eigenvalue weighted by atomic mass is 9.91.